The van der Waals surface area contributed by atoms with Crippen molar-refractivity contribution in [3.8, 4) is 5.75 Å². The Bertz CT molecular complexity index is 479. The summed E-state index contributed by atoms with van der Waals surface area (Å²) in [6.45, 7) is 3.17. The van der Waals surface area contributed by atoms with Crippen LogP contribution in [0, 0.1) is 3.57 Å². The first-order valence-electron chi connectivity index (χ1n) is 4.95. The van der Waals surface area contributed by atoms with E-state index < -0.39 is 0 Å². The van der Waals surface area contributed by atoms with Crippen LogP contribution in [0.1, 0.15) is 13.3 Å². The van der Waals surface area contributed by atoms with E-state index in [9.17, 15) is 0 Å². The number of aromatic nitrogens is 2. The maximum Gasteiger partial charge on any atom is 0.146 e. The van der Waals surface area contributed by atoms with Crippen molar-refractivity contribution in [3.63, 3.8) is 0 Å². The molecular weight excluding hydrogens is 303 g/mol. The maximum atomic E-state index is 5.36. The summed E-state index contributed by atoms with van der Waals surface area (Å²) in [5.41, 5.74) is 2.13. The Hall–Kier alpha value is -0.780. The highest BCUT2D eigenvalue weighted by molar-refractivity contribution is 14.1. The van der Waals surface area contributed by atoms with Gasteiger partial charge in [-0.2, -0.15) is 0 Å². The number of rotatable bonds is 3. The van der Waals surface area contributed by atoms with Crippen LogP contribution in [0.25, 0.3) is 11.0 Å². The molecule has 15 heavy (non-hydrogen) atoms. The molecule has 0 aliphatic rings. The Kier molecular flexibility index (Phi) is 3.14. The summed E-state index contributed by atoms with van der Waals surface area (Å²) in [6.07, 6.45) is 5.03. The molecule has 0 aromatic carbocycles. The summed E-state index contributed by atoms with van der Waals surface area (Å²) in [7, 11) is 1.70. The number of halogens is 1. The highest BCUT2D eigenvalue weighted by Crippen LogP contribution is 2.28. The van der Waals surface area contributed by atoms with Crippen molar-refractivity contribution in [3.05, 3.63) is 22.0 Å². The van der Waals surface area contributed by atoms with Crippen LogP contribution in [-0.4, -0.2) is 16.7 Å². The third kappa shape index (κ3) is 1.82. The van der Waals surface area contributed by atoms with Crippen molar-refractivity contribution in [1.29, 1.82) is 0 Å². The van der Waals surface area contributed by atoms with Gasteiger partial charge < -0.3 is 9.30 Å². The average molecular weight is 316 g/mol. The SMILES string of the molecule is CCCn1cc(I)c2nccc(OC)c21. The van der Waals surface area contributed by atoms with E-state index in [4.69, 9.17) is 4.74 Å². The Balaban J connectivity index is 2.70. The largest absolute Gasteiger partial charge is 0.494 e. The second-order valence-corrected chi connectivity index (χ2v) is 4.54. The molecule has 2 heterocycles. The van der Waals surface area contributed by atoms with Gasteiger partial charge in [-0.25, -0.2) is 0 Å². The summed E-state index contributed by atoms with van der Waals surface area (Å²) >= 11 is 2.31. The maximum absolute atomic E-state index is 5.36. The molecule has 2 aromatic heterocycles. The van der Waals surface area contributed by atoms with Gasteiger partial charge in [-0.05, 0) is 29.0 Å². The number of ether oxygens (including phenoxy) is 1. The number of pyridine rings is 1. The standard InChI is InChI=1S/C11H13IN2O/c1-3-6-14-7-8(12)10-11(14)9(15-2)4-5-13-10/h4-5,7H,3,6H2,1-2H3. The molecule has 4 heteroatoms. The smallest absolute Gasteiger partial charge is 0.146 e. The van der Waals surface area contributed by atoms with Crippen molar-refractivity contribution in [2.75, 3.05) is 7.11 Å². The van der Waals surface area contributed by atoms with E-state index in [0.29, 0.717) is 0 Å². The Morgan fingerprint density at radius 1 is 1.53 bits per heavy atom. The van der Waals surface area contributed by atoms with Gasteiger partial charge in [0.1, 0.15) is 16.8 Å². The van der Waals surface area contributed by atoms with Gasteiger partial charge >= 0.3 is 0 Å². The topological polar surface area (TPSA) is 27.1 Å². The monoisotopic (exact) mass is 316 g/mol. The van der Waals surface area contributed by atoms with Crippen LogP contribution in [0.5, 0.6) is 5.75 Å². The minimum absolute atomic E-state index is 0.899. The van der Waals surface area contributed by atoms with E-state index in [0.717, 1.165) is 29.7 Å². The molecule has 3 nitrogen and oxygen atoms in total. The average Bonchev–Trinajstić information content (AvgIpc) is 2.57. The molecule has 0 fully saturated rings. The fourth-order valence-electron chi connectivity index (χ4n) is 1.73. The van der Waals surface area contributed by atoms with E-state index >= 15 is 0 Å². The molecule has 0 saturated heterocycles. The van der Waals surface area contributed by atoms with Crippen molar-refractivity contribution in [2.45, 2.75) is 19.9 Å². The normalized spacial score (nSPS) is 10.9. The van der Waals surface area contributed by atoms with E-state index in [1.807, 2.05) is 6.07 Å². The highest BCUT2D eigenvalue weighted by Gasteiger charge is 2.11. The fourth-order valence-corrected chi connectivity index (χ4v) is 2.46. The predicted molar refractivity (Wildman–Crippen MR) is 69.3 cm³/mol. The highest BCUT2D eigenvalue weighted by atomic mass is 127. The Morgan fingerprint density at radius 3 is 3.00 bits per heavy atom. The number of methoxy groups -OCH3 is 1. The fraction of sp³-hybridized carbons (Fsp3) is 0.364. The molecule has 0 atom stereocenters. The zero-order valence-electron chi connectivity index (χ0n) is 8.83. The lowest BCUT2D eigenvalue weighted by molar-refractivity contribution is 0.416. The summed E-state index contributed by atoms with van der Waals surface area (Å²) in [5, 5.41) is 0. The zero-order valence-corrected chi connectivity index (χ0v) is 11.0. The van der Waals surface area contributed by atoms with E-state index in [1.54, 1.807) is 13.3 Å². The van der Waals surface area contributed by atoms with E-state index in [1.165, 1.54) is 3.57 Å². The summed E-state index contributed by atoms with van der Waals surface area (Å²) in [4.78, 5) is 4.38. The molecule has 0 aliphatic carbocycles. The molecule has 80 valence electrons. The molecular formula is C11H13IN2O. The summed E-state index contributed by atoms with van der Waals surface area (Å²) in [5.74, 6) is 0.899. The molecule has 0 radical (unpaired) electrons. The molecule has 0 spiro atoms. The number of hydrogen-bond donors (Lipinski definition) is 0. The van der Waals surface area contributed by atoms with Crippen LogP contribution >= 0.6 is 22.6 Å². The van der Waals surface area contributed by atoms with Gasteiger partial charge in [-0.1, -0.05) is 6.92 Å². The van der Waals surface area contributed by atoms with E-state index in [-0.39, 0.29) is 0 Å². The third-order valence-corrected chi connectivity index (χ3v) is 3.14. The quantitative estimate of drug-likeness (QED) is 0.814. The van der Waals surface area contributed by atoms with Gasteiger partial charge in [0.05, 0.1) is 10.7 Å². The zero-order chi connectivity index (χ0) is 10.8. The third-order valence-electron chi connectivity index (χ3n) is 2.35. The van der Waals surface area contributed by atoms with Crippen LogP contribution in [0.2, 0.25) is 0 Å². The van der Waals surface area contributed by atoms with Gasteiger partial charge in [-0.3, -0.25) is 4.98 Å². The lowest BCUT2D eigenvalue weighted by Gasteiger charge is -2.06. The van der Waals surface area contributed by atoms with Gasteiger partial charge in [0.15, 0.2) is 0 Å². The molecule has 0 bridgehead atoms. The number of nitrogens with zero attached hydrogens (tertiary/aromatic N) is 2. The summed E-state index contributed by atoms with van der Waals surface area (Å²) < 4.78 is 8.75. The molecule has 0 N–H and O–H groups in total. The Morgan fingerprint density at radius 2 is 2.33 bits per heavy atom. The van der Waals surface area contributed by atoms with Crippen molar-refractivity contribution in [1.82, 2.24) is 9.55 Å². The molecule has 2 rings (SSSR count). The van der Waals surface area contributed by atoms with Gasteiger partial charge in [-0.15, -0.1) is 0 Å². The first kappa shape index (κ1) is 10.7. The summed E-state index contributed by atoms with van der Waals surface area (Å²) in [6, 6.07) is 1.91. The van der Waals surface area contributed by atoms with Crippen LogP contribution in [0.4, 0.5) is 0 Å². The van der Waals surface area contributed by atoms with Gasteiger partial charge in [0.25, 0.3) is 0 Å². The van der Waals surface area contributed by atoms with Crippen LogP contribution in [-0.2, 0) is 6.54 Å². The number of hydrogen-bond acceptors (Lipinski definition) is 2. The van der Waals surface area contributed by atoms with Crippen molar-refractivity contribution in [2.24, 2.45) is 0 Å². The van der Waals surface area contributed by atoms with Crippen molar-refractivity contribution >= 4 is 33.6 Å². The lowest BCUT2D eigenvalue weighted by atomic mass is 10.3. The minimum atomic E-state index is 0.899. The van der Waals surface area contributed by atoms with Crippen LogP contribution in [0.3, 0.4) is 0 Å². The van der Waals surface area contributed by atoms with Gasteiger partial charge in [0.2, 0.25) is 0 Å². The minimum Gasteiger partial charge on any atom is -0.494 e. The molecule has 0 amide bonds. The molecule has 0 unspecified atom stereocenters. The Labute approximate surface area is 103 Å². The second kappa shape index (κ2) is 4.38. The number of fused-ring (bicyclic) bond motifs is 1. The van der Waals surface area contributed by atoms with Crippen molar-refractivity contribution < 1.29 is 4.74 Å². The molecule has 0 aliphatic heterocycles. The van der Waals surface area contributed by atoms with Crippen LogP contribution < -0.4 is 4.74 Å². The van der Waals surface area contributed by atoms with E-state index in [2.05, 4.69) is 45.3 Å². The first-order valence-corrected chi connectivity index (χ1v) is 6.03. The lowest BCUT2D eigenvalue weighted by Crippen LogP contribution is -1.96. The van der Waals surface area contributed by atoms with Gasteiger partial charge in [0, 0.05) is 25.0 Å². The number of aryl methyl sites for hydroxylation is 1. The predicted octanol–water partition coefficient (Wildman–Crippen LogP) is 3.06. The second-order valence-electron chi connectivity index (χ2n) is 3.38. The first-order chi connectivity index (χ1) is 7.27. The molecule has 0 saturated carbocycles. The van der Waals surface area contributed by atoms with Crippen LogP contribution in [0.15, 0.2) is 18.5 Å². The molecule has 2 aromatic rings.